The number of carbonyl (C=O) groups is 1. The van der Waals surface area contributed by atoms with Crippen LogP contribution in [0.25, 0.3) is 6.08 Å². The van der Waals surface area contributed by atoms with Crippen molar-refractivity contribution in [1.82, 2.24) is 0 Å². The number of nitriles is 2. The number of nitrogens with zero attached hydrogens (tertiary/aromatic N) is 2. The van der Waals surface area contributed by atoms with Crippen LogP contribution in [0.1, 0.15) is 22.9 Å². The third-order valence-corrected chi connectivity index (χ3v) is 2.92. The van der Waals surface area contributed by atoms with Gasteiger partial charge in [0.2, 0.25) is 0 Å². The van der Waals surface area contributed by atoms with Gasteiger partial charge in [-0.05, 0) is 23.1 Å². The number of thiophene rings is 1. The molecule has 1 heterocycles. The molecule has 0 amide bonds. The number of carboxylic acids is 1. The van der Waals surface area contributed by atoms with Crippen molar-refractivity contribution in [1.29, 1.82) is 10.5 Å². The van der Waals surface area contributed by atoms with Crippen LogP contribution < -0.4 is 5.73 Å². The summed E-state index contributed by atoms with van der Waals surface area (Å²) in [7, 11) is 0. The number of hydrogen-bond donors (Lipinski definition) is 2. The Morgan fingerprint density at radius 1 is 1.59 bits per heavy atom. The van der Waals surface area contributed by atoms with Gasteiger partial charge in [-0.15, -0.1) is 11.3 Å². The van der Waals surface area contributed by atoms with E-state index in [1.54, 1.807) is 23.6 Å². The molecule has 1 aromatic heterocycles. The molecule has 5 nitrogen and oxygen atoms in total. The van der Waals surface area contributed by atoms with Gasteiger partial charge < -0.3 is 10.8 Å². The molecule has 1 atom stereocenters. The lowest BCUT2D eigenvalue weighted by molar-refractivity contribution is -0.137. The molecule has 0 fully saturated rings. The fraction of sp³-hybridized carbons (Fsp3) is 0.182. The largest absolute Gasteiger partial charge is 0.481 e. The van der Waals surface area contributed by atoms with Gasteiger partial charge in [0.1, 0.15) is 17.7 Å². The highest BCUT2D eigenvalue weighted by Gasteiger charge is 2.15. The summed E-state index contributed by atoms with van der Waals surface area (Å²) >= 11 is 1.31. The van der Waals surface area contributed by atoms with Crippen LogP contribution in [0.4, 0.5) is 0 Å². The van der Waals surface area contributed by atoms with Crippen LogP contribution >= 0.6 is 11.3 Å². The van der Waals surface area contributed by atoms with Gasteiger partial charge in [0.25, 0.3) is 0 Å². The van der Waals surface area contributed by atoms with E-state index in [4.69, 9.17) is 21.4 Å². The first-order valence-electron chi connectivity index (χ1n) is 4.65. The molecule has 3 N–H and O–H groups in total. The molecule has 6 heteroatoms. The van der Waals surface area contributed by atoms with Crippen molar-refractivity contribution < 1.29 is 9.90 Å². The average molecular weight is 247 g/mol. The normalized spacial score (nSPS) is 11.0. The number of hydrogen-bond acceptors (Lipinski definition) is 5. The minimum atomic E-state index is -0.987. The summed E-state index contributed by atoms with van der Waals surface area (Å²) in [6.45, 7) is 0. The number of nitrogens with two attached hydrogens (primary N) is 1. The van der Waals surface area contributed by atoms with Crippen molar-refractivity contribution in [2.45, 2.75) is 12.5 Å². The number of rotatable bonds is 4. The lowest BCUT2D eigenvalue weighted by atomic mass is 10.0. The molecule has 1 unspecified atom stereocenters. The lowest BCUT2D eigenvalue weighted by Crippen LogP contribution is -2.15. The third kappa shape index (κ3) is 3.42. The van der Waals surface area contributed by atoms with Gasteiger partial charge in [0.05, 0.1) is 6.42 Å². The predicted molar refractivity (Wildman–Crippen MR) is 62.7 cm³/mol. The topological polar surface area (TPSA) is 111 Å². The molecule has 1 aromatic rings. The highest BCUT2D eigenvalue weighted by Crippen LogP contribution is 2.26. The first kappa shape index (κ1) is 12.9. The standard InChI is InChI=1S/C11H9N3O2S/c12-5-7(6-13)3-10-8(1-2-17-10)9(14)4-11(15)16/h1-3,9H,4,14H2,(H,15,16). The number of allylic oxidation sites excluding steroid dienone is 1. The molecule has 0 spiro atoms. The van der Waals surface area contributed by atoms with E-state index in [1.165, 1.54) is 17.4 Å². The average Bonchev–Trinajstić information content (AvgIpc) is 2.72. The Labute approximate surface area is 102 Å². The fourth-order valence-corrected chi connectivity index (χ4v) is 2.18. The zero-order valence-electron chi connectivity index (χ0n) is 8.75. The molecule has 0 saturated carbocycles. The molecule has 0 aliphatic heterocycles. The maximum absolute atomic E-state index is 10.6. The minimum Gasteiger partial charge on any atom is -0.481 e. The van der Waals surface area contributed by atoms with E-state index < -0.39 is 12.0 Å². The first-order chi connectivity index (χ1) is 8.08. The van der Waals surface area contributed by atoms with Crippen molar-refractivity contribution in [3.8, 4) is 12.1 Å². The molecule has 0 aromatic carbocycles. The molecule has 1 rings (SSSR count). The monoisotopic (exact) mass is 247 g/mol. The molecule has 86 valence electrons. The van der Waals surface area contributed by atoms with E-state index in [9.17, 15) is 4.79 Å². The molecule has 0 saturated heterocycles. The molecule has 0 aliphatic rings. The summed E-state index contributed by atoms with van der Waals surface area (Å²) in [6, 6.07) is 4.56. The fourth-order valence-electron chi connectivity index (χ4n) is 1.27. The summed E-state index contributed by atoms with van der Waals surface area (Å²) in [5.74, 6) is -0.987. The first-order valence-corrected chi connectivity index (χ1v) is 5.53. The molecule has 0 bridgehead atoms. The Morgan fingerprint density at radius 3 is 2.76 bits per heavy atom. The molecular weight excluding hydrogens is 238 g/mol. The predicted octanol–water partition coefficient (Wildman–Crippen LogP) is 1.65. The maximum atomic E-state index is 10.6. The second kappa shape index (κ2) is 5.80. The van der Waals surface area contributed by atoms with Crippen LogP contribution in [0.3, 0.4) is 0 Å². The van der Waals surface area contributed by atoms with E-state index in [2.05, 4.69) is 0 Å². The second-order valence-corrected chi connectivity index (χ2v) is 4.17. The van der Waals surface area contributed by atoms with Crippen LogP contribution in [0.5, 0.6) is 0 Å². The maximum Gasteiger partial charge on any atom is 0.305 e. The SMILES string of the molecule is N#CC(C#N)=Cc1sccc1C(N)CC(=O)O. The smallest absolute Gasteiger partial charge is 0.305 e. The van der Waals surface area contributed by atoms with Crippen molar-refractivity contribution in [2.75, 3.05) is 0 Å². The van der Waals surface area contributed by atoms with Crippen LogP contribution in [-0.4, -0.2) is 11.1 Å². The van der Waals surface area contributed by atoms with Gasteiger partial charge >= 0.3 is 5.97 Å². The van der Waals surface area contributed by atoms with Gasteiger partial charge in [-0.1, -0.05) is 0 Å². The van der Waals surface area contributed by atoms with E-state index in [0.29, 0.717) is 10.4 Å². The van der Waals surface area contributed by atoms with Crippen LogP contribution in [0.2, 0.25) is 0 Å². The Morgan fingerprint density at radius 2 is 2.24 bits per heavy atom. The second-order valence-electron chi connectivity index (χ2n) is 3.23. The summed E-state index contributed by atoms with van der Waals surface area (Å²) in [5.41, 5.74) is 6.34. The molecule has 0 radical (unpaired) electrons. The van der Waals surface area contributed by atoms with Crippen molar-refractivity contribution in [3.05, 3.63) is 27.5 Å². The summed E-state index contributed by atoms with van der Waals surface area (Å²) < 4.78 is 0. The van der Waals surface area contributed by atoms with Crippen LogP contribution in [0.15, 0.2) is 17.0 Å². The molecular formula is C11H9N3O2S. The van der Waals surface area contributed by atoms with Gasteiger partial charge in [-0.3, -0.25) is 4.79 Å². The zero-order valence-corrected chi connectivity index (χ0v) is 9.57. The Kier molecular flexibility index (Phi) is 4.41. The highest BCUT2D eigenvalue weighted by molar-refractivity contribution is 7.11. The van der Waals surface area contributed by atoms with Crippen molar-refractivity contribution in [3.63, 3.8) is 0 Å². The highest BCUT2D eigenvalue weighted by atomic mass is 32.1. The minimum absolute atomic E-state index is 0.0313. The van der Waals surface area contributed by atoms with Crippen LogP contribution in [-0.2, 0) is 4.79 Å². The summed E-state index contributed by atoms with van der Waals surface area (Å²) in [6.07, 6.45) is 1.23. The number of aliphatic carboxylic acids is 1. The van der Waals surface area contributed by atoms with E-state index in [1.807, 2.05) is 0 Å². The van der Waals surface area contributed by atoms with Crippen molar-refractivity contribution in [2.24, 2.45) is 5.73 Å². The molecule has 17 heavy (non-hydrogen) atoms. The quantitative estimate of drug-likeness (QED) is 0.786. The van der Waals surface area contributed by atoms with Crippen molar-refractivity contribution >= 4 is 23.4 Å². The third-order valence-electron chi connectivity index (χ3n) is 2.04. The Balaban J connectivity index is 3.03. The Bertz CT molecular complexity index is 518. The summed E-state index contributed by atoms with van der Waals surface area (Å²) in [5, 5.41) is 27.7. The molecule has 0 aliphatic carbocycles. The lowest BCUT2D eigenvalue weighted by Gasteiger charge is -2.08. The van der Waals surface area contributed by atoms with Gasteiger partial charge in [-0.2, -0.15) is 10.5 Å². The van der Waals surface area contributed by atoms with E-state index in [0.717, 1.165) is 0 Å². The van der Waals surface area contributed by atoms with Gasteiger partial charge in [-0.25, -0.2) is 0 Å². The zero-order chi connectivity index (χ0) is 12.8. The van der Waals surface area contributed by atoms with E-state index >= 15 is 0 Å². The Hall–Kier alpha value is -2.15. The van der Waals surface area contributed by atoms with Gasteiger partial charge in [0.15, 0.2) is 0 Å². The summed E-state index contributed by atoms with van der Waals surface area (Å²) in [4.78, 5) is 11.2. The van der Waals surface area contributed by atoms with Crippen LogP contribution in [0, 0.1) is 22.7 Å². The van der Waals surface area contributed by atoms with E-state index in [-0.39, 0.29) is 12.0 Å². The van der Waals surface area contributed by atoms with Gasteiger partial charge in [0, 0.05) is 10.9 Å². The number of carboxylic acid groups (broad SMARTS) is 1.